The zero-order valence-electron chi connectivity index (χ0n) is 25.0. The number of carbonyl (C=O) groups excluding carboxylic acids is 2. The van der Waals surface area contributed by atoms with E-state index in [-0.39, 0.29) is 48.9 Å². The second-order valence-corrected chi connectivity index (χ2v) is 11.5. The molecule has 2 aliphatic rings. The third-order valence-electron chi connectivity index (χ3n) is 8.06. The Balaban J connectivity index is 0.00000323. The largest absolute Gasteiger partial charge is 0.463 e. The summed E-state index contributed by atoms with van der Waals surface area (Å²) >= 11 is 12.9. The highest BCUT2D eigenvalue weighted by Gasteiger charge is 2.51. The molecule has 7 nitrogen and oxygen atoms in total. The smallest absolute Gasteiger partial charge is 0.302 e. The zero-order valence-corrected chi connectivity index (χ0v) is 27.4. The van der Waals surface area contributed by atoms with Crippen molar-refractivity contribution in [3.8, 4) is 0 Å². The number of likely N-dealkylation sites (N-methyl/N-ethyl adjacent to an activating group) is 1. The van der Waals surface area contributed by atoms with E-state index in [2.05, 4.69) is 23.2 Å². The van der Waals surface area contributed by atoms with Crippen LogP contribution in [-0.2, 0) is 24.7 Å². The number of amides is 1. The number of carbonyl (C=O) groups is 2. The number of rotatable bonds is 11. The topological polar surface area (TPSA) is 99.4 Å². The molecule has 1 aliphatic carbocycles. The number of hydrogen-bond donors (Lipinski definition) is 1. The van der Waals surface area contributed by atoms with Gasteiger partial charge in [-0.1, -0.05) is 85.4 Å². The van der Waals surface area contributed by atoms with Crippen molar-refractivity contribution in [2.24, 2.45) is 0 Å². The average molecular weight is 654 g/mol. The Morgan fingerprint density at radius 3 is 2.30 bits per heavy atom. The van der Waals surface area contributed by atoms with Gasteiger partial charge in [0.05, 0.1) is 16.7 Å². The molecule has 0 saturated carbocycles. The molecule has 2 aromatic rings. The first-order valence-corrected chi connectivity index (χ1v) is 15.2. The maximum atomic E-state index is 14.2. The van der Waals surface area contributed by atoms with Gasteiger partial charge in [0.25, 0.3) is 0 Å². The van der Waals surface area contributed by atoms with Crippen LogP contribution >= 0.6 is 35.6 Å². The van der Waals surface area contributed by atoms with E-state index in [4.69, 9.17) is 32.7 Å². The Kier molecular flexibility index (Phi) is 14.2. The molecule has 1 amide bonds. The molecule has 10 heteroatoms. The number of nitrogens with one attached hydrogen (secondary N) is 1. The molecule has 3 atom stereocenters. The Hall–Kier alpha value is -2.39. The second-order valence-electron chi connectivity index (χ2n) is 10.7. The summed E-state index contributed by atoms with van der Waals surface area (Å²) in [5.74, 6) is -0.576. The van der Waals surface area contributed by atoms with Crippen LogP contribution in [0.1, 0.15) is 63.0 Å². The van der Waals surface area contributed by atoms with Crippen molar-refractivity contribution in [1.82, 2.24) is 10.2 Å². The molecule has 0 spiro atoms. The standard InChI is InChI=1S/C33H40Cl2N2O4.ClH.H2O/c1-4-11-27(25-14-15-29(34)30(35)22-25)28-23-32(26-12-7-5-8-13-26,41-21-20-40-24(2)38)16-17-33(28,31(39)36-3)37-18-9-6-10-19-37;;/h5,7-8,12-17,22-23,27H,4,6,9-11,18-21H2,1-3H3,(H,36,39);1H;1H2. The monoisotopic (exact) mass is 652 g/mol. The molecule has 0 aromatic heterocycles. The molecule has 1 saturated heterocycles. The van der Waals surface area contributed by atoms with Crippen molar-refractivity contribution in [2.75, 3.05) is 33.4 Å². The highest BCUT2D eigenvalue weighted by molar-refractivity contribution is 6.42. The molecule has 0 bridgehead atoms. The first-order chi connectivity index (χ1) is 19.8. The van der Waals surface area contributed by atoms with Crippen molar-refractivity contribution >= 4 is 47.5 Å². The predicted molar refractivity (Wildman–Crippen MR) is 175 cm³/mol. The number of piperidine rings is 1. The number of ether oxygens (including phenoxy) is 2. The molecule has 4 rings (SSSR count). The van der Waals surface area contributed by atoms with Crippen LogP contribution in [0.25, 0.3) is 0 Å². The first kappa shape index (κ1) is 36.8. The SMILES string of the molecule is CCCC(C1=CC(OCCOC(C)=O)(c2ccccc2)C=CC1(C(=O)NC)N1CCCCC1)c1ccc(Cl)c(Cl)c1.Cl.O. The lowest BCUT2D eigenvalue weighted by Gasteiger charge is -2.49. The van der Waals surface area contributed by atoms with E-state index in [1.807, 2.05) is 60.7 Å². The van der Waals surface area contributed by atoms with Crippen molar-refractivity contribution in [1.29, 1.82) is 0 Å². The molecule has 1 aliphatic heterocycles. The van der Waals surface area contributed by atoms with Crippen LogP contribution in [-0.4, -0.2) is 61.1 Å². The van der Waals surface area contributed by atoms with E-state index >= 15 is 0 Å². The Bertz CT molecular complexity index is 1280. The Morgan fingerprint density at radius 2 is 1.70 bits per heavy atom. The normalized spacial score (nSPS) is 22.4. The van der Waals surface area contributed by atoms with Crippen LogP contribution in [0.3, 0.4) is 0 Å². The van der Waals surface area contributed by atoms with Gasteiger partial charge in [0.1, 0.15) is 17.7 Å². The first-order valence-electron chi connectivity index (χ1n) is 14.5. The zero-order chi connectivity index (χ0) is 29.5. The van der Waals surface area contributed by atoms with Crippen molar-refractivity contribution in [3.63, 3.8) is 0 Å². The van der Waals surface area contributed by atoms with Crippen LogP contribution in [0.4, 0.5) is 0 Å². The molecule has 3 N–H and O–H groups in total. The van der Waals surface area contributed by atoms with Crippen LogP contribution in [0.15, 0.2) is 72.3 Å². The molecule has 43 heavy (non-hydrogen) atoms. The number of nitrogens with zero attached hydrogens (tertiary/aromatic N) is 1. The van der Waals surface area contributed by atoms with Gasteiger partial charge in [-0.3, -0.25) is 14.5 Å². The average Bonchev–Trinajstić information content (AvgIpc) is 3.00. The summed E-state index contributed by atoms with van der Waals surface area (Å²) < 4.78 is 11.8. The number of likely N-dealkylation sites (tertiary alicyclic amines) is 1. The summed E-state index contributed by atoms with van der Waals surface area (Å²) in [5, 5.41) is 3.95. The fourth-order valence-electron chi connectivity index (χ4n) is 6.14. The lowest BCUT2D eigenvalue weighted by atomic mass is 9.68. The molecule has 1 heterocycles. The molecular formula is C33H43Cl3N2O5. The summed E-state index contributed by atoms with van der Waals surface area (Å²) in [6.45, 7) is 5.45. The van der Waals surface area contributed by atoms with Gasteiger partial charge in [-0.05, 0) is 73.3 Å². The Morgan fingerprint density at radius 1 is 1.00 bits per heavy atom. The van der Waals surface area contributed by atoms with Crippen molar-refractivity contribution in [2.45, 2.75) is 63.0 Å². The van der Waals surface area contributed by atoms with Gasteiger partial charge in [0.2, 0.25) is 5.91 Å². The van der Waals surface area contributed by atoms with E-state index in [9.17, 15) is 9.59 Å². The highest BCUT2D eigenvalue weighted by Crippen LogP contribution is 2.48. The van der Waals surface area contributed by atoms with E-state index < -0.39 is 11.1 Å². The van der Waals surface area contributed by atoms with Crippen LogP contribution in [0.2, 0.25) is 10.0 Å². The third-order valence-corrected chi connectivity index (χ3v) is 8.80. The van der Waals surface area contributed by atoms with Crippen LogP contribution in [0, 0.1) is 0 Å². The minimum absolute atomic E-state index is 0. The molecule has 236 valence electrons. The number of benzene rings is 2. The molecule has 3 unspecified atom stereocenters. The summed E-state index contributed by atoms with van der Waals surface area (Å²) in [4.78, 5) is 27.9. The van der Waals surface area contributed by atoms with Gasteiger partial charge >= 0.3 is 5.97 Å². The highest BCUT2D eigenvalue weighted by atomic mass is 35.5. The fourth-order valence-corrected chi connectivity index (χ4v) is 6.44. The van der Waals surface area contributed by atoms with E-state index in [1.165, 1.54) is 6.92 Å². The second kappa shape index (κ2) is 16.6. The minimum atomic E-state index is -1.02. The Labute approximate surface area is 271 Å². The van der Waals surface area contributed by atoms with Gasteiger partial charge in [-0.25, -0.2) is 0 Å². The van der Waals surface area contributed by atoms with Gasteiger partial charge < -0.3 is 20.3 Å². The summed E-state index contributed by atoms with van der Waals surface area (Å²) in [7, 11) is 1.70. The van der Waals surface area contributed by atoms with Gasteiger partial charge in [-0.15, -0.1) is 12.4 Å². The molecular weight excluding hydrogens is 611 g/mol. The maximum absolute atomic E-state index is 14.2. The minimum Gasteiger partial charge on any atom is -0.463 e. The van der Waals surface area contributed by atoms with Crippen molar-refractivity contribution < 1.29 is 24.5 Å². The number of hydrogen-bond acceptors (Lipinski definition) is 5. The molecule has 0 radical (unpaired) electrons. The predicted octanol–water partition coefficient (Wildman–Crippen LogP) is 6.42. The summed E-state index contributed by atoms with van der Waals surface area (Å²) in [6, 6.07) is 15.7. The summed E-state index contributed by atoms with van der Waals surface area (Å²) in [5.41, 5.74) is 0.864. The van der Waals surface area contributed by atoms with E-state index in [1.54, 1.807) is 7.05 Å². The maximum Gasteiger partial charge on any atom is 0.302 e. The quantitative estimate of drug-likeness (QED) is 0.172. The van der Waals surface area contributed by atoms with Gasteiger partial charge in [-0.2, -0.15) is 0 Å². The fraction of sp³-hybridized carbons (Fsp3) is 0.455. The molecule has 2 aromatic carbocycles. The van der Waals surface area contributed by atoms with Gasteiger partial charge in [0.15, 0.2) is 0 Å². The lowest BCUT2D eigenvalue weighted by molar-refractivity contribution is -0.143. The lowest BCUT2D eigenvalue weighted by Crippen LogP contribution is -2.62. The number of halogens is 3. The van der Waals surface area contributed by atoms with Crippen molar-refractivity contribution in [3.05, 3.63) is 93.5 Å². The third kappa shape index (κ3) is 8.01. The summed E-state index contributed by atoms with van der Waals surface area (Å²) in [6.07, 6.45) is 11.0. The van der Waals surface area contributed by atoms with Gasteiger partial charge in [0, 0.05) is 19.9 Å². The van der Waals surface area contributed by atoms with E-state index in [0.717, 1.165) is 61.9 Å². The number of esters is 1. The molecule has 1 fully saturated rings. The van der Waals surface area contributed by atoms with Crippen LogP contribution in [0.5, 0.6) is 0 Å². The van der Waals surface area contributed by atoms with E-state index in [0.29, 0.717) is 10.0 Å². The van der Waals surface area contributed by atoms with Crippen LogP contribution < -0.4 is 5.32 Å².